The number of hydrazone groups is 1. The van der Waals surface area contributed by atoms with E-state index in [4.69, 9.17) is 0 Å². The minimum Gasteiger partial charge on any atom is -0.293 e. The van der Waals surface area contributed by atoms with Crippen molar-refractivity contribution < 1.29 is 9.72 Å². The van der Waals surface area contributed by atoms with E-state index in [9.17, 15) is 14.9 Å². The van der Waals surface area contributed by atoms with E-state index in [0.29, 0.717) is 22.2 Å². The Morgan fingerprint density at radius 2 is 1.93 bits per heavy atom. The van der Waals surface area contributed by atoms with Gasteiger partial charge in [0.2, 0.25) is 5.95 Å². The first-order valence-electron chi connectivity index (χ1n) is 8.18. The Morgan fingerprint density at radius 1 is 1.21 bits per heavy atom. The van der Waals surface area contributed by atoms with E-state index in [1.807, 2.05) is 18.2 Å². The lowest BCUT2D eigenvalue weighted by Crippen LogP contribution is -2.04. The quantitative estimate of drug-likeness (QED) is 0.204. The van der Waals surface area contributed by atoms with Crippen LogP contribution in [0.3, 0.4) is 0 Å². The van der Waals surface area contributed by atoms with Crippen molar-refractivity contribution in [3.8, 4) is 0 Å². The molecule has 2 aromatic carbocycles. The van der Waals surface area contributed by atoms with Gasteiger partial charge in [0.05, 0.1) is 16.9 Å². The number of benzene rings is 2. The number of aromatic nitrogens is 3. The third-order valence-corrected chi connectivity index (χ3v) is 4.77. The standard InChI is InChI=1S/C18H16N6O3S/c1-23-17(20-19-11-13-7-9-15(10-8-13)24(26)27)21-22-18(23)28-12-16(25)14-5-3-2-4-6-14/h2-11H,12H2,1H3,(H,20,21)/b19-11+. The number of non-ortho nitro benzene ring substituents is 1. The summed E-state index contributed by atoms with van der Waals surface area (Å²) in [4.78, 5) is 22.4. The van der Waals surface area contributed by atoms with Gasteiger partial charge in [-0.15, -0.1) is 10.2 Å². The molecule has 0 aliphatic heterocycles. The number of nitrogens with one attached hydrogen (secondary N) is 1. The summed E-state index contributed by atoms with van der Waals surface area (Å²) in [7, 11) is 1.76. The fraction of sp³-hybridized carbons (Fsp3) is 0.111. The van der Waals surface area contributed by atoms with Gasteiger partial charge in [0, 0.05) is 24.7 Å². The van der Waals surface area contributed by atoms with Crippen LogP contribution in [0.5, 0.6) is 0 Å². The molecule has 142 valence electrons. The molecule has 28 heavy (non-hydrogen) atoms. The zero-order valence-corrected chi connectivity index (χ0v) is 15.7. The number of hydrogen-bond donors (Lipinski definition) is 1. The number of rotatable bonds is 8. The van der Waals surface area contributed by atoms with Crippen LogP contribution in [0.1, 0.15) is 15.9 Å². The average molecular weight is 396 g/mol. The summed E-state index contributed by atoms with van der Waals surface area (Å²) in [6.07, 6.45) is 1.52. The fourth-order valence-corrected chi connectivity index (χ4v) is 3.03. The van der Waals surface area contributed by atoms with Gasteiger partial charge in [-0.1, -0.05) is 42.1 Å². The van der Waals surface area contributed by atoms with Crippen LogP contribution in [0.15, 0.2) is 64.9 Å². The molecule has 1 aromatic heterocycles. The molecule has 0 unspecified atom stereocenters. The summed E-state index contributed by atoms with van der Waals surface area (Å²) in [5, 5.41) is 23.3. The van der Waals surface area contributed by atoms with Crippen LogP contribution in [-0.2, 0) is 7.05 Å². The predicted molar refractivity (Wildman–Crippen MR) is 107 cm³/mol. The van der Waals surface area contributed by atoms with Gasteiger partial charge in [-0.25, -0.2) is 5.43 Å². The van der Waals surface area contributed by atoms with Gasteiger partial charge in [-0.3, -0.25) is 19.5 Å². The summed E-state index contributed by atoms with van der Waals surface area (Å²) in [6, 6.07) is 15.1. The number of carbonyl (C=O) groups is 1. The van der Waals surface area contributed by atoms with Gasteiger partial charge >= 0.3 is 0 Å². The number of anilines is 1. The molecule has 1 heterocycles. The largest absolute Gasteiger partial charge is 0.293 e. The number of hydrogen-bond acceptors (Lipinski definition) is 8. The summed E-state index contributed by atoms with van der Waals surface area (Å²) >= 11 is 1.29. The lowest BCUT2D eigenvalue weighted by Gasteiger charge is -2.03. The van der Waals surface area contributed by atoms with E-state index >= 15 is 0 Å². The zero-order valence-electron chi connectivity index (χ0n) is 14.8. The SMILES string of the molecule is Cn1c(N/N=C/c2ccc([N+](=O)[O-])cc2)nnc1SCC(=O)c1ccccc1. The second-order valence-corrected chi connectivity index (χ2v) is 6.60. The van der Waals surface area contributed by atoms with Crippen molar-refractivity contribution in [2.24, 2.45) is 12.1 Å². The van der Waals surface area contributed by atoms with Crippen LogP contribution in [0.4, 0.5) is 11.6 Å². The fourth-order valence-electron chi connectivity index (χ4n) is 2.22. The Labute approximate surface area is 164 Å². The molecule has 9 nitrogen and oxygen atoms in total. The van der Waals surface area contributed by atoms with Gasteiger partial charge < -0.3 is 0 Å². The maximum atomic E-state index is 12.2. The first kappa shape index (κ1) is 19.2. The van der Waals surface area contributed by atoms with E-state index < -0.39 is 4.92 Å². The van der Waals surface area contributed by atoms with Crippen molar-refractivity contribution >= 4 is 35.4 Å². The maximum Gasteiger partial charge on any atom is 0.269 e. The molecule has 0 amide bonds. The summed E-state index contributed by atoms with van der Waals surface area (Å²) in [5.41, 5.74) is 4.14. The first-order chi connectivity index (χ1) is 13.5. The molecular weight excluding hydrogens is 380 g/mol. The smallest absolute Gasteiger partial charge is 0.269 e. The van der Waals surface area contributed by atoms with Gasteiger partial charge in [0.1, 0.15) is 0 Å². The molecule has 0 saturated heterocycles. The minimum atomic E-state index is -0.458. The highest BCUT2D eigenvalue weighted by Gasteiger charge is 2.12. The third kappa shape index (κ3) is 4.80. The molecule has 1 N–H and O–H groups in total. The van der Waals surface area contributed by atoms with Gasteiger partial charge in [-0.05, 0) is 17.7 Å². The first-order valence-corrected chi connectivity index (χ1v) is 9.17. The van der Waals surface area contributed by atoms with E-state index in [-0.39, 0.29) is 17.2 Å². The van der Waals surface area contributed by atoms with Crippen molar-refractivity contribution in [1.82, 2.24) is 14.8 Å². The Kier molecular flexibility index (Phi) is 6.12. The summed E-state index contributed by atoms with van der Waals surface area (Å²) < 4.78 is 1.69. The summed E-state index contributed by atoms with van der Waals surface area (Å²) in [6.45, 7) is 0. The van der Waals surface area contributed by atoms with E-state index in [1.165, 1.54) is 30.1 Å². The normalized spacial score (nSPS) is 10.9. The van der Waals surface area contributed by atoms with E-state index in [2.05, 4.69) is 20.7 Å². The molecule has 0 atom stereocenters. The van der Waals surface area contributed by atoms with Gasteiger partial charge in [0.15, 0.2) is 10.9 Å². The molecule has 3 aromatic rings. The predicted octanol–water partition coefficient (Wildman–Crippen LogP) is 3.14. The lowest BCUT2D eigenvalue weighted by molar-refractivity contribution is -0.384. The number of nitro benzene ring substituents is 1. The number of nitro groups is 1. The zero-order chi connectivity index (χ0) is 19.9. The van der Waals surface area contributed by atoms with Crippen LogP contribution < -0.4 is 5.43 Å². The molecule has 0 spiro atoms. The monoisotopic (exact) mass is 396 g/mol. The highest BCUT2D eigenvalue weighted by Crippen LogP contribution is 2.19. The highest BCUT2D eigenvalue weighted by molar-refractivity contribution is 7.99. The van der Waals surface area contributed by atoms with E-state index in [1.54, 1.807) is 35.9 Å². The molecule has 10 heteroatoms. The van der Waals surface area contributed by atoms with Crippen molar-refractivity contribution in [1.29, 1.82) is 0 Å². The Balaban J connectivity index is 1.57. The van der Waals surface area contributed by atoms with Crippen molar-refractivity contribution in [2.45, 2.75) is 5.16 Å². The molecule has 3 rings (SSSR count). The Morgan fingerprint density at radius 3 is 2.61 bits per heavy atom. The number of carbonyl (C=O) groups excluding carboxylic acids is 1. The van der Waals surface area contributed by atoms with Crippen LogP contribution in [0, 0.1) is 10.1 Å². The number of thioether (sulfide) groups is 1. The molecule has 0 radical (unpaired) electrons. The van der Waals surface area contributed by atoms with Crippen LogP contribution >= 0.6 is 11.8 Å². The maximum absolute atomic E-state index is 12.2. The number of nitrogens with zero attached hydrogens (tertiary/aromatic N) is 5. The Hall–Kier alpha value is -3.53. The summed E-state index contributed by atoms with van der Waals surface area (Å²) in [5.74, 6) is 0.675. The van der Waals surface area contributed by atoms with Crippen LogP contribution in [0.2, 0.25) is 0 Å². The van der Waals surface area contributed by atoms with Crippen LogP contribution in [0.25, 0.3) is 0 Å². The molecule has 0 aliphatic carbocycles. The second kappa shape index (κ2) is 8.91. The number of Topliss-reactive ketones (excluding diaryl/α,β-unsaturated/α-hetero) is 1. The average Bonchev–Trinajstić information content (AvgIpc) is 3.07. The van der Waals surface area contributed by atoms with E-state index in [0.717, 1.165) is 0 Å². The lowest BCUT2D eigenvalue weighted by atomic mass is 10.2. The second-order valence-electron chi connectivity index (χ2n) is 5.66. The van der Waals surface area contributed by atoms with Gasteiger partial charge in [-0.2, -0.15) is 5.10 Å². The van der Waals surface area contributed by atoms with Crippen LogP contribution in [-0.4, -0.2) is 37.4 Å². The molecular formula is C18H16N6O3S. The van der Waals surface area contributed by atoms with Crippen molar-refractivity contribution in [3.05, 3.63) is 75.8 Å². The molecule has 0 fully saturated rings. The minimum absolute atomic E-state index is 0.0132. The number of ketones is 1. The third-order valence-electron chi connectivity index (χ3n) is 3.75. The topological polar surface area (TPSA) is 115 Å². The Bertz CT molecular complexity index is 1000. The van der Waals surface area contributed by atoms with Crippen molar-refractivity contribution in [2.75, 3.05) is 11.2 Å². The highest BCUT2D eigenvalue weighted by atomic mass is 32.2. The molecule has 0 aliphatic rings. The molecule has 0 saturated carbocycles. The van der Waals surface area contributed by atoms with Gasteiger partial charge in [0.25, 0.3) is 5.69 Å². The van der Waals surface area contributed by atoms with Crippen molar-refractivity contribution in [3.63, 3.8) is 0 Å². The molecule has 0 bridgehead atoms.